The second kappa shape index (κ2) is 6.43. The van der Waals surface area contributed by atoms with Gasteiger partial charge in [0.05, 0.1) is 19.2 Å². The van der Waals surface area contributed by atoms with E-state index in [1.807, 2.05) is 42.7 Å². The number of ether oxygens (including phenoxy) is 1. The third-order valence-corrected chi connectivity index (χ3v) is 5.97. The Balaban J connectivity index is 1.76. The number of piperazine rings is 1. The van der Waals surface area contributed by atoms with Gasteiger partial charge in [-0.15, -0.1) is 0 Å². The molecule has 3 amide bonds. The molecule has 4 rings (SSSR count). The van der Waals surface area contributed by atoms with Gasteiger partial charge in [0.15, 0.2) is 0 Å². The molecule has 1 N–H and O–H groups in total. The molecule has 0 aliphatic carbocycles. The average Bonchev–Trinajstić information content (AvgIpc) is 2.63. The fourth-order valence-electron chi connectivity index (χ4n) is 4.97. The number of hydrogen-bond donors (Lipinski definition) is 1. The molecule has 146 valence electrons. The van der Waals surface area contributed by atoms with Gasteiger partial charge in [-0.2, -0.15) is 0 Å². The Morgan fingerprint density at radius 2 is 2.04 bits per heavy atom. The van der Waals surface area contributed by atoms with Crippen LogP contribution in [0.15, 0.2) is 18.2 Å². The summed E-state index contributed by atoms with van der Waals surface area (Å²) in [6.07, 6.45) is 3.44. The lowest BCUT2D eigenvalue weighted by atomic mass is 9.78. The first-order valence-electron chi connectivity index (χ1n) is 9.88. The molecule has 3 aliphatic heterocycles. The van der Waals surface area contributed by atoms with E-state index in [0.717, 1.165) is 37.0 Å². The van der Waals surface area contributed by atoms with Gasteiger partial charge in [0.1, 0.15) is 11.8 Å². The Labute approximate surface area is 160 Å². The molecule has 0 radical (unpaired) electrons. The van der Waals surface area contributed by atoms with Gasteiger partial charge in [-0.3, -0.25) is 4.79 Å². The summed E-state index contributed by atoms with van der Waals surface area (Å²) < 4.78 is 5.57. The van der Waals surface area contributed by atoms with Crippen LogP contribution in [0.1, 0.15) is 57.2 Å². The van der Waals surface area contributed by atoms with Crippen LogP contribution in [0.4, 0.5) is 4.79 Å². The summed E-state index contributed by atoms with van der Waals surface area (Å²) in [5.41, 5.74) is 1.97. The number of piperidine rings is 1. The van der Waals surface area contributed by atoms with Crippen LogP contribution in [0.25, 0.3) is 0 Å². The lowest BCUT2D eigenvalue weighted by molar-refractivity contribution is -0.152. The summed E-state index contributed by atoms with van der Waals surface area (Å²) >= 11 is 0. The van der Waals surface area contributed by atoms with E-state index in [1.54, 1.807) is 7.11 Å². The van der Waals surface area contributed by atoms with Gasteiger partial charge in [0.2, 0.25) is 5.91 Å². The third kappa shape index (κ3) is 2.95. The topological polar surface area (TPSA) is 61.9 Å². The molecule has 0 aromatic heterocycles. The van der Waals surface area contributed by atoms with Crippen molar-refractivity contribution >= 4 is 11.9 Å². The minimum Gasteiger partial charge on any atom is -0.496 e. The van der Waals surface area contributed by atoms with Gasteiger partial charge >= 0.3 is 6.03 Å². The van der Waals surface area contributed by atoms with Crippen LogP contribution >= 0.6 is 0 Å². The highest BCUT2D eigenvalue weighted by Crippen LogP contribution is 2.45. The van der Waals surface area contributed by atoms with Crippen molar-refractivity contribution in [1.82, 2.24) is 15.1 Å². The number of carbonyl (C=O) groups is 2. The van der Waals surface area contributed by atoms with Crippen molar-refractivity contribution in [2.75, 3.05) is 13.7 Å². The number of hydrogen-bond acceptors (Lipinski definition) is 3. The number of methoxy groups -OCH3 is 1. The molecule has 1 aromatic carbocycles. The van der Waals surface area contributed by atoms with Gasteiger partial charge in [-0.05, 0) is 58.1 Å². The van der Waals surface area contributed by atoms with E-state index < -0.39 is 0 Å². The summed E-state index contributed by atoms with van der Waals surface area (Å²) in [5, 5.41) is 3.07. The molecule has 3 unspecified atom stereocenters. The molecule has 3 heterocycles. The minimum atomic E-state index is -0.338. The summed E-state index contributed by atoms with van der Waals surface area (Å²) in [6.45, 7) is 6.61. The van der Waals surface area contributed by atoms with E-state index in [-0.39, 0.29) is 35.6 Å². The van der Waals surface area contributed by atoms with Crippen molar-refractivity contribution < 1.29 is 14.3 Å². The zero-order chi connectivity index (χ0) is 19.3. The van der Waals surface area contributed by atoms with Crippen LogP contribution < -0.4 is 10.1 Å². The van der Waals surface area contributed by atoms with Gasteiger partial charge in [-0.1, -0.05) is 12.1 Å². The Hall–Kier alpha value is -2.24. The normalized spacial score (nSPS) is 27.0. The molecule has 3 atom stereocenters. The van der Waals surface area contributed by atoms with E-state index >= 15 is 0 Å². The first kappa shape index (κ1) is 18.1. The summed E-state index contributed by atoms with van der Waals surface area (Å²) in [6, 6.07) is 5.52. The second-order valence-corrected chi connectivity index (χ2v) is 8.86. The zero-order valence-corrected chi connectivity index (χ0v) is 16.6. The minimum absolute atomic E-state index is 0.00922. The van der Waals surface area contributed by atoms with Crippen molar-refractivity contribution in [1.29, 1.82) is 0 Å². The molecule has 6 nitrogen and oxygen atoms in total. The van der Waals surface area contributed by atoms with Crippen molar-refractivity contribution in [2.24, 2.45) is 0 Å². The average molecular weight is 371 g/mol. The van der Waals surface area contributed by atoms with Gasteiger partial charge < -0.3 is 19.9 Å². The molecule has 1 aromatic rings. The number of amides is 3. The lowest BCUT2D eigenvalue weighted by Gasteiger charge is -2.55. The fourth-order valence-corrected chi connectivity index (χ4v) is 4.97. The highest BCUT2D eigenvalue weighted by atomic mass is 16.5. The molecular weight excluding hydrogens is 342 g/mol. The second-order valence-electron chi connectivity index (χ2n) is 8.86. The Kier molecular flexibility index (Phi) is 4.32. The molecule has 6 heteroatoms. The highest BCUT2D eigenvalue weighted by Gasteiger charge is 2.52. The first-order valence-corrected chi connectivity index (χ1v) is 9.88. The van der Waals surface area contributed by atoms with Gasteiger partial charge in [0, 0.05) is 17.6 Å². The SMILES string of the molecule is COc1cccc2c1CCN1C(=O)C3CCCC(C21)N3C(=O)NC(C)(C)C. The molecular formula is C21H29N3O3. The predicted octanol–water partition coefficient (Wildman–Crippen LogP) is 2.87. The monoisotopic (exact) mass is 371 g/mol. The number of rotatable bonds is 1. The van der Waals surface area contributed by atoms with E-state index in [4.69, 9.17) is 4.74 Å². The van der Waals surface area contributed by atoms with Crippen molar-refractivity contribution in [3.05, 3.63) is 29.3 Å². The van der Waals surface area contributed by atoms with E-state index in [1.165, 1.54) is 5.56 Å². The number of nitrogens with zero attached hydrogens (tertiary/aromatic N) is 2. The van der Waals surface area contributed by atoms with Crippen LogP contribution in [0.5, 0.6) is 5.75 Å². The van der Waals surface area contributed by atoms with Crippen LogP contribution in [0.2, 0.25) is 0 Å². The van der Waals surface area contributed by atoms with Gasteiger partial charge in [-0.25, -0.2) is 4.79 Å². The van der Waals surface area contributed by atoms with E-state index in [9.17, 15) is 9.59 Å². The third-order valence-electron chi connectivity index (χ3n) is 5.97. The summed E-state index contributed by atoms with van der Waals surface area (Å²) in [4.78, 5) is 30.2. The number of benzene rings is 1. The first-order chi connectivity index (χ1) is 12.8. The molecule has 0 spiro atoms. The molecule has 0 saturated carbocycles. The predicted molar refractivity (Wildman–Crippen MR) is 103 cm³/mol. The van der Waals surface area contributed by atoms with Crippen LogP contribution in [0, 0.1) is 0 Å². The standard InChI is InChI=1S/C21H29N3O3/c1-21(2,3)22-20(26)24-15-8-6-9-16(24)19(25)23-12-11-13-14(18(15)23)7-5-10-17(13)27-4/h5,7,10,15-16,18H,6,8-9,11-12H2,1-4H3,(H,22,26). The maximum Gasteiger partial charge on any atom is 0.318 e. The van der Waals surface area contributed by atoms with E-state index in [0.29, 0.717) is 6.54 Å². The van der Waals surface area contributed by atoms with Crippen LogP contribution in [-0.2, 0) is 11.2 Å². The molecule has 2 bridgehead atoms. The van der Waals surface area contributed by atoms with Gasteiger partial charge in [0.25, 0.3) is 0 Å². The van der Waals surface area contributed by atoms with Crippen LogP contribution in [-0.4, -0.2) is 53.0 Å². The molecule has 3 aliphatic rings. The molecule has 2 saturated heterocycles. The molecule has 27 heavy (non-hydrogen) atoms. The van der Waals surface area contributed by atoms with E-state index in [2.05, 4.69) is 11.4 Å². The smallest absolute Gasteiger partial charge is 0.318 e. The summed E-state index contributed by atoms with van der Waals surface area (Å²) in [5.74, 6) is 0.969. The maximum absolute atomic E-state index is 13.3. The zero-order valence-electron chi connectivity index (χ0n) is 16.6. The maximum atomic E-state index is 13.3. The quantitative estimate of drug-likeness (QED) is 0.826. The number of carbonyl (C=O) groups excluding carboxylic acids is 2. The molecule has 2 fully saturated rings. The fraction of sp³-hybridized carbons (Fsp3) is 0.619. The number of nitrogens with one attached hydrogen (secondary N) is 1. The van der Waals surface area contributed by atoms with Crippen LogP contribution in [0.3, 0.4) is 0 Å². The Bertz CT molecular complexity index is 770. The number of urea groups is 1. The summed E-state index contributed by atoms with van der Waals surface area (Å²) in [7, 11) is 1.69. The Morgan fingerprint density at radius 1 is 1.26 bits per heavy atom. The van der Waals surface area contributed by atoms with Crippen molar-refractivity contribution in [2.45, 2.75) is 70.1 Å². The Morgan fingerprint density at radius 3 is 2.74 bits per heavy atom. The lowest BCUT2D eigenvalue weighted by Crippen LogP contribution is -2.69. The largest absolute Gasteiger partial charge is 0.496 e. The van der Waals surface area contributed by atoms with Crippen molar-refractivity contribution in [3.8, 4) is 5.75 Å². The van der Waals surface area contributed by atoms with Crippen molar-refractivity contribution in [3.63, 3.8) is 0 Å². The highest BCUT2D eigenvalue weighted by molar-refractivity contribution is 5.90. The number of fused-ring (bicyclic) bond motifs is 6.